The lowest BCUT2D eigenvalue weighted by Crippen LogP contribution is -2.34. The summed E-state index contributed by atoms with van der Waals surface area (Å²) in [6.07, 6.45) is 6.90. The highest BCUT2D eigenvalue weighted by molar-refractivity contribution is 6.31. The van der Waals surface area contributed by atoms with Crippen molar-refractivity contribution in [2.45, 2.75) is 6.42 Å². The Morgan fingerprint density at radius 3 is 2.81 bits per heavy atom. The number of carbonyl (C=O) groups is 1. The fourth-order valence-electron chi connectivity index (χ4n) is 3.82. The molecule has 4 nitrogen and oxygen atoms in total. The quantitative estimate of drug-likeness (QED) is 0.495. The molecule has 1 aliphatic heterocycles. The first kappa shape index (κ1) is 16.2. The summed E-state index contributed by atoms with van der Waals surface area (Å²) in [7, 11) is 0. The number of carbonyl (C=O) groups excluding carboxylic acids is 1. The van der Waals surface area contributed by atoms with Gasteiger partial charge < -0.3 is 14.9 Å². The van der Waals surface area contributed by atoms with Gasteiger partial charge in [-0.25, -0.2) is 0 Å². The average Bonchev–Trinajstić information content (AvgIpc) is 3.33. The van der Waals surface area contributed by atoms with E-state index in [1.807, 2.05) is 59.8 Å². The lowest BCUT2D eigenvalue weighted by atomic mass is 9.98. The van der Waals surface area contributed by atoms with Crippen molar-refractivity contribution in [3.05, 3.63) is 77.1 Å². The molecule has 0 bridgehead atoms. The molecular weight excluding hydrogens is 358 g/mol. The van der Waals surface area contributed by atoms with Gasteiger partial charge >= 0.3 is 0 Å². The van der Waals surface area contributed by atoms with Crippen molar-refractivity contribution in [2.24, 2.45) is 0 Å². The highest BCUT2D eigenvalue weighted by atomic mass is 35.5. The minimum atomic E-state index is 0.0729. The van der Waals surface area contributed by atoms with E-state index in [1.54, 1.807) is 0 Å². The van der Waals surface area contributed by atoms with Crippen LogP contribution < -0.4 is 0 Å². The first-order valence-electron chi connectivity index (χ1n) is 9.01. The Hall–Kier alpha value is -2.98. The second kappa shape index (κ2) is 6.32. The first-order valence-corrected chi connectivity index (χ1v) is 9.39. The molecule has 134 valence electrons. The van der Waals surface area contributed by atoms with Crippen LogP contribution in [0.1, 0.15) is 22.3 Å². The van der Waals surface area contributed by atoms with E-state index >= 15 is 0 Å². The molecule has 2 N–H and O–H groups in total. The van der Waals surface area contributed by atoms with Crippen LogP contribution in [0.15, 0.2) is 60.9 Å². The zero-order valence-corrected chi connectivity index (χ0v) is 15.4. The van der Waals surface area contributed by atoms with E-state index in [-0.39, 0.29) is 5.91 Å². The van der Waals surface area contributed by atoms with Gasteiger partial charge in [0.15, 0.2) is 0 Å². The van der Waals surface area contributed by atoms with Gasteiger partial charge in [0.25, 0.3) is 5.91 Å². The lowest BCUT2D eigenvalue weighted by molar-refractivity contribution is 0.0773. The molecule has 0 saturated heterocycles. The molecule has 3 heterocycles. The van der Waals surface area contributed by atoms with E-state index in [2.05, 4.69) is 16.0 Å². The normalized spacial score (nSPS) is 14.7. The monoisotopic (exact) mass is 375 g/mol. The van der Waals surface area contributed by atoms with Crippen LogP contribution in [0, 0.1) is 0 Å². The number of aromatic nitrogens is 2. The Bertz CT molecular complexity index is 1200. The number of H-pyrrole nitrogens is 2. The molecule has 5 heteroatoms. The number of nitrogens with one attached hydrogen (secondary N) is 2. The fourth-order valence-corrected chi connectivity index (χ4v) is 3.99. The van der Waals surface area contributed by atoms with Gasteiger partial charge in [-0.3, -0.25) is 4.79 Å². The van der Waals surface area contributed by atoms with Crippen LogP contribution in [-0.4, -0.2) is 33.9 Å². The largest absolute Gasteiger partial charge is 0.361 e. The van der Waals surface area contributed by atoms with E-state index in [0.717, 1.165) is 38.8 Å². The van der Waals surface area contributed by atoms with Crippen molar-refractivity contribution in [1.82, 2.24) is 14.9 Å². The Balaban J connectivity index is 1.40. The molecule has 0 spiro atoms. The van der Waals surface area contributed by atoms with Crippen LogP contribution in [0.3, 0.4) is 0 Å². The van der Waals surface area contributed by atoms with Crippen molar-refractivity contribution >= 4 is 44.9 Å². The maximum absolute atomic E-state index is 12.9. The number of hydrogen-bond acceptors (Lipinski definition) is 1. The van der Waals surface area contributed by atoms with E-state index < -0.39 is 0 Å². The Morgan fingerprint density at radius 2 is 1.96 bits per heavy atom. The zero-order valence-electron chi connectivity index (χ0n) is 14.6. The van der Waals surface area contributed by atoms with Crippen molar-refractivity contribution < 1.29 is 4.79 Å². The maximum atomic E-state index is 12.9. The summed E-state index contributed by atoms with van der Waals surface area (Å²) in [5.41, 5.74) is 5.22. The molecule has 2 aromatic heterocycles. The van der Waals surface area contributed by atoms with Gasteiger partial charge in [-0.05, 0) is 53.8 Å². The third-order valence-corrected chi connectivity index (χ3v) is 5.52. The fraction of sp³-hybridized carbons (Fsp3) is 0.136. The van der Waals surface area contributed by atoms with Crippen LogP contribution in [-0.2, 0) is 0 Å². The second-order valence-corrected chi connectivity index (χ2v) is 7.34. The predicted octanol–water partition coefficient (Wildman–Crippen LogP) is 5.23. The van der Waals surface area contributed by atoms with Gasteiger partial charge in [0, 0.05) is 58.1 Å². The number of benzene rings is 2. The maximum Gasteiger partial charge on any atom is 0.254 e. The number of aromatic amines is 2. The zero-order chi connectivity index (χ0) is 18.4. The molecule has 5 rings (SSSR count). The molecule has 1 amide bonds. The van der Waals surface area contributed by atoms with E-state index in [1.165, 1.54) is 11.1 Å². The summed E-state index contributed by atoms with van der Waals surface area (Å²) >= 11 is 6.16. The highest BCUT2D eigenvalue weighted by Gasteiger charge is 2.21. The molecule has 27 heavy (non-hydrogen) atoms. The number of amides is 1. The summed E-state index contributed by atoms with van der Waals surface area (Å²) in [6.45, 7) is 1.32. The topological polar surface area (TPSA) is 51.9 Å². The van der Waals surface area contributed by atoms with E-state index in [9.17, 15) is 4.79 Å². The molecular formula is C22H18ClN3O. The number of halogens is 1. The van der Waals surface area contributed by atoms with Crippen LogP contribution in [0.25, 0.3) is 27.4 Å². The Kier molecular flexibility index (Phi) is 3.80. The summed E-state index contributed by atoms with van der Waals surface area (Å²) in [6, 6.07) is 13.7. The third kappa shape index (κ3) is 2.82. The van der Waals surface area contributed by atoms with Gasteiger partial charge in [-0.15, -0.1) is 0 Å². The minimum Gasteiger partial charge on any atom is -0.361 e. The summed E-state index contributed by atoms with van der Waals surface area (Å²) in [5.74, 6) is 0.0729. The molecule has 1 aliphatic rings. The molecule has 0 saturated carbocycles. The van der Waals surface area contributed by atoms with Gasteiger partial charge in [0.2, 0.25) is 0 Å². The molecule has 4 aromatic rings. The number of fused-ring (bicyclic) bond motifs is 2. The summed E-state index contributed by atoms with van der Waals surface area (Å²) in [5, 5.41) is 2.98. The van der Waals surface area contributed by atoms with Gasteiger partial charge in [0.05, 0.1) is 0 Å². The van der Waals surface area contributed by atoms with Crippen molar-refractivity contribution in [2.75, 3.05) is 13.1 Å². The molecule has 0 radical (unpaired) electrons. The van der Waals surface area contributed by atoms with E-state index in [4.69, 9.17) is 11.6 Å². The Morgan fingerprint density at radius 1 is 1.04 bits per heavy atom. The van der Waals surface area contributed by atoms with Crippen LogP contribution in [0.4, 0.5) is 0 Å². The SMILES string of the molecule is O=C(c1ccc2cc[nH]c2c1)N1CC=C(c2c[nH]c3ccc(Cl)cc23)CC1. The second-order valence-electron chi connectivity index (χ2n) is 6.90. The van der Waals surface area contributed by atoms with Crippen molar-refractivity contribution in [3.8, 4) is 0 Å². The highest BCUT2D eigenvalue weighted by Crippen LogP contribution is 2.31. The molecule has 0 unspecified atom stereocenters. The molecule has 0 fully saturated rings. The average molecular weight is 376 g/mol. The molecule has 2 aromatic carbocycles. The Labute approximate surface area is 161 Å². The van der Waals surface area contributed by atoms with Crippen LogP contribution in [0.5, 0.6) is 0 Å². The van der Waals surface area contributed by atoms with Crippen molar-refractivity contribution in [3.63, 3.8) is 0 Å². The van der Waals surface area contributed by atoms with Gasteiger partial charge in [-0.2, -0.15) is 0 Å². The number of nitrogens with zero attached hydrogens (tertiary/aromatic N) is 1. The molecule has 0 atom stereocenters. The first-order chi connectivity index (χ1) is 13.2. The minimum absolute atomic E-state index is 0.0729. The van der Waals surface area contributed by atoms with Gasteiger partial charge in [0.1, 0.15) is 0 Å². The standard InChI is InChI=1S/C22H18ClN3O/c23-17-3-4-20-18(12-17)19(13-25-20)14-6-9-26(10-7-14)22(27)16-2-1-15-5-8-24-21(15)11-16/h1-6,8,11-13,24-25H,7,9-10H2. The summed E-state index contributed by atoms with van der Waals surface area (Å²) in [4.78, 5) is 21.2. The summed E-state index contributed by atoms with van der Waals surface area (Å²) < 4.78 is 0. The third-order valence-electron chi connectivity index (χ3n) is 5.29. The number of rotatable bonds is 2. The van der Waals surface area contributed by atoms with Crippen LogP contribution in [0.2, 0.25) is 5.02 Å². The van der Waals surface area contributed by atoms with Crippen molar-refractivity contribution in [1.29, 1.82) is 0 Å². The number of hydrogen-bond donors (Lipinski definition) is 2. The molecule has 0 aliphatic carbocycles. The van der Waals surface area contributed by atoms with E-state index in [0.29, 0.717) is 13.1 Å². The van der Waals surface area contributed by atoms with Crippen LogP contribution >= 0.6 is 11.6 Å². The predicted molar refractivity (Wildman–Crippen MR) is 110 cm³/mol. The smallest absolute Gasteiger partial charge is 0.254 e. The lowest BCUT2D eigenvalue weighted by Gasteiger charge is -2.26. The van der Waals surface area contributed by atoms with Gasteiger partial charge in [-0.1, -0.05) is 23.7 Å².